The molecule has 29 heavy (non-hydrogen) atoms. The van der Waals surface area contributed by atoms with E-state index in [9.17, 15) is 9.59 Å². The molecule has 0 spiro atoms. The number of ether oxygens (including phenoxy) is 1. The predicted octanol–water partition coefficient (Wildman–Crippen LogP) is 5.38. The van der Waals surface area contributed by atoms with Gasteiger partial charge in [0.05, 0.1) is 6.10 Å². The fourth-order valence-corrected chi connectivity index (χ4v) is 2.97. The van der Waals surface area contributed by atoms with Gasteiger partial charge in [-0.25, -0.2) is 0 Å². The smallest absolute Gasteiger partial charge is 0.255 e. The fraction of sp³-hybridized carbons (Fsp3) is 0.417. The average Bonchev–Trinajstić information content (AvgIpc) is 2.73. The first-order valence-corrected chi connectivity index (χ1v) is 10.5. The second-order valence-corrected chi connectivity index (χ2v) is 7.19. The molecule has 156 valence electrons. The number of carbonyl (C=O) groups is 2. The highest BCUT2D eigenvalue weighted by atomic mass is 16.5. The lowest BCUT2D eigenvalue weighted by atomic mass is 10.1. The second-order valence-electron chi connectivity index (χ2n) is 7.19. The molecular weight excluding hydrogens is 364 g/mol. The third kappa shape index (κ3) is 6.63. The molecule has 5 heteroatoms. The highest BCUT2D eigenvalue weighted by molar-refractivity contribution is 6.05. The summed E-state index contributed by atoms with van der Waals surface area (Å²) in [6.45, 7) is 9.66. The van der Waals surface area contributed by atoms with Gasteiger partial charge in [0.2, 0.25) is 0 Å². The summed E-state index contributed by atoms with van der Waals surface area (Å²) in [6, 6.07) is 14.2. The Hall–Kier alpha value is -2.82. The van der Waals surface area contributed by atoms with E-state index in [1.54, 1.807) is 48.5 Å². The molecule has 1 atom stereocenters. The summed E-state index contributed by atoms with van der Waals surface area (Å²) < 4.78 is 5.75. The maximum atomic E-state index is 12.8. The molecule has 0 radical (unpaired) electrons. The minimum absolute atomic E-state index is 0.00338. The minimum atomic E-state index is -0.219. The second kappa shape index (κ2) is 11.2. The Balaban J connectivity index is 2.07. The summed E-state index contributed by atoms with van der Waals surface area (Å²) in [5, 5.41) is 2.88. The molecule has 5 nitrogen and oxygen atoms in total. The van der Waals surface area contributed by atoms with Crippen LogP contribution in [0.5, 0.6) is 5.75 Å². The van der Waals surface area contributed by atoms with Crippen LogP contribution in [0.1, 0.15) is 67.7 Å². The van der Waals surface area contributed by atoms with Gasteiger partial charge < -0.3 is 15.0 Å². The van der Waals surface area contributed by atoms with Gasteiger partial charge in [-0.3, -0.25) is 9.59 Å². The third-order valence-corrected chi connectivity index (χ3v) is 4.67. The molecule has 0 aliphatic rings. The van der Waals surface area contributed by atoms with Gasteiger partial charge in [-0.05, 0) is 68.7 Å². The molecule has 2 aromatic carbocycles. The van der Waals surface area contributed by atoms with Gasteiger partial charge in [-0.1, -0.05) is 26.8 Å². The Kier molecular flexibility index (Phi) is 8.71. The van der Waals surface area contributed by atoms with Crippen molar-refractivity contribution < 1.29 is 14.3 Å². The van der Waals surface area contributed by atoms with Gasteiger partial charge in [-0.2, -0.15) is 0 Å². The Labute approximate surface area is 174 Å². The zero-order valence-electron chi connectivity index (χ0n) is 17.9. The van der Waals surface area contributed by atoms with Crippen LogP contribution in [0.2, 0.25) is 0 Å². The van der Waals surface area contributed by atoms with E-state index in [1.165, 1.54) is 0 Å². The van der Waals surface area contributed by atoms with E-state index < -0.39 is 0 Å². The van der Waals surface area contributed by atoms with E-state index in [-0.39, 0.29) is 17.9 Å². The number of hydrogen-bond donors (Lipinski definition) is 1. The van der Waals surface area contributed by atoms with Crippen LogP contribution < -0.4 is 10.1 Å². The first-order chi connectivity index (χ1) is 14.0. The lowest BCUT2D eigenvalue weighted by Crippen LogP contribution is -2.32. The highest BCUT2D eigenvalue weighted by Crippen LogP contribution is 2.18. The molecule has 0 fully saturated rings. The molecule has 2 amide bonds. The zero-order chi connectivity index (χ0) is 21.2. The molecule has 0 aliphatic carbocycles. The molecule has 2 aromatic rings. The summed E-state index contributed by atoms with van der Waals surface area (Å²) in [5.74, 6) is 0.524. The van der Waals surface area contributed by atoms with Crippen molar-refractivity contribution in [3.05, 3.63) is 59.7 Å². The number of amides is 2. The van der Waals surface area contributed by atoms with Crippen molar-refractivity contribution in [1.29, 1.82) is 0 Å². The van der Waals surface area contributed by atoms with E-state index in [0.29, 0.717) is 16.8 Å². The van der Waals surface area contributed by atoms with Crippen molar-refractivity contribution in [2.75, 3.05) is 18.4 Å². The van der Waals surface area contributed by atoms with E-state index in [4.69, 9.17) is 4.74 Å². The van der Waals surface area contributed by atoms with Crippen LogP contribution in [0.4, 0.5) is 5.69 Å². The topological polar surface area (TPSA) is 58.6 Å². The molecule has 2 rings (SSSR count). The molecule has 0 aromatic heterocycles. The molecule has 1 N–H and O–H groups in total. The van der Waals surface area contributed by atoms with Gasteiger partial charge in [0.15, 0.2) is 0 Å². The van der Waals surface area contributed by atoms with Crippen molar-refractivity contribution in [2.45, 2.75) is 53.1 Å². The maximum Gasteiger partial charge on any atom is 0.255 e. The van der Waals surface area contributed by atoms with Crippen molar-refractivity contribution in [1.82, 2.24) is 4.90 Å². The summed E-state index contributed by atoms with van der Waals surface area (Å²) in [6.07, 6.45) is 2.89. The minimum Gasteiger partial charge on any atom is -0.491 e. The number of nitrogens with zero attached hydrogens (tertiary/aromatic N) is 1. The number of benzene rings is 2. The van der Waals surface area contributed by atoms with Gasteiger partial charge in [-0.15, -0.1) is 0 Å². The van der Waals surface area contributed by atoms with E-state index >= 15 is 0 Å². The van der Waals surface area contributed by atoms with Crippen molar-refractivity contribution in [3.63, 3.8) is 0 Å². The molecule has 1 unspecified atom stereocenters. The molecule has 0 heterocycles. The molecule has 0 saturated heterocycles. The fourth-order valence-electron chi connectivity index (χ4n) is 2.97. The first-order valence-electron chi connectivity index (χ1n) is 10.5. The summed E-state index contributed by atoms with van der Waals surface area (Å²) in [7, 11) is 0. The Morgan fingerprint density at radius 2 is 1.62 bits per heavy atom. The van der Waals surface area contributed by atoms with Crippen molar-refractivity contribution >= 4 is 17.5 Å². The van der Waals surface area contributed by atoms with Gasteiger partial charge in [0, 0.05) is 29.9 Å². The van der Waals surface area contributed by atoms with E-state index in [0.717, 1.165) is 38.1 Å². The third-order valence-electron chi connectivity index (χ3n) is 4.67. The monoisotopic (exact) mass is 396 g/mol. The highest BCUT2D eigenvalue weighted by Gasteiger charge is 2.15. The zero-order valence-corrected chi connectivity index (χ0v) is 17.9. The van der Waals surface area contributed by atoms with Crippen LogP contribution in [-0.2, 0) is 0 Å². The van der Waals surface area contributed by atoms with Crippen molar-refractivity contribution in [3.8, 4) is 5.75 Å². The Morgan fingerprint density at radius 3 is 2.21 bits per heavy atom. The Morgan fingerprint density at radius 1 is 0.966 bits per heavy atom. The van der Waals surface area contributed by atoms with Crippen LogP contribution >= 0.6 is 0 Å². The summed E-state index contributed by atoms with van der Waals surface area (Å²) in [5.41, 5.74) is 1.73. The number of rotatable bonds is 10. The number of anilines is 1. The van der Waals surface area contributed by atoms with Crippen LogP contribution in [0.25, 0.3) is 0 Å². The number of hydrogen-bond acceptors (Lipinski definition) is 3. The van der Waals surface area contributed by atoms with Crippen molar-refractivity contribution in [2.24, 2.45) is 0 Å². The Bertz CT molecular complexity index is 796. The normalized spacial score (nSPS) is 11.6. The molecule has 0 bridgehead atoms. The number of nitrogens with one attached hydrogen (secondary N) is 1. The molecule has 0 aliphatic heterocycles. The van der Waals surface area contributed by atoms with Crippen LogP contribution in [0, 0.1) is 0 Å². The van der Waals surface area contributed by atoms with Gasteiger partial charge in [0.25, 0.3) is 11.8 Å². The van der Waals surface area contributed by atoms with Crippen LogP contribution in [0.3, 0.4) is 0 Å². The quantitative estimate of drug-likeness (QED) is 0.587. The van der Waals surface area contributed by atoms with E-state index in [1.807, 2.05) is 11.8 Å². The van der Waals surface area contributed by atoms with Crippen LogP contribution in [-0.4, -0.2) is 35.9 Å². The predicted molar refractivity (Wildman–Crippen MR) is 118 cm³/mol. The largest absolute Gasteiger partial charge is 0.491 e. The van der Waals surface area contributed by atoms with Gasteiger partial charge in [0.1, 0.15) is 5.75 Å². The lowest BCUT2D eigenvalue weighted by Gasteiger charge is -2.21. The molecule has 0 saturated carbocycles. The maximum absolute atomic E-state index is 12.8. The van der Waals surface area contributed by atoms with Gasteiger partial charge >= 0.3 is 0 Å². The van der Waals surface area contributed by atoms with Crippen LogP contribution in [0.15, 0.2) is 48.5 Å². The van der Waals surface area contributed by atoms with E-state index in [2.05, 4.69) is 26.1 Å². The summed E-state index contributed by atoms with van der Waals surface area (Å²) >= 11 is 0. The standard InChI is InChI=1S/C24H32N2O3/c1-5-15-26(16-6-2)24(28)20-9-8-10-21(17-20)25-23(27)19-11-13-22(14-12-19)29-18(4)7-3/h8-14,17-18H,5-7,15-16H2,1-4H3,(H,25,27). The SMILES string of the molecule is CCCN(CCC)C(=O)c1cccc(NC(=O)c2ccc(OC(C)CC)cc2)c1. The lowest BCUT2D eigenvalue weighted by molar-refractivity contribution is 0.0755. The molecular formula is C24H32N2O3. The summed E-state index contributed by atoms with van der Waals surface area (Å²) in [4.78, 5) is 27.2. The number of carbonyl (C=O) groups excluding carboxylic acids is 2. The first kappa shape index (κ1) is 22.5. The average molecular weight is 397 g/mol.